The van der Waals surface area contributed by atoms with Gasteiger partial charge >= 0.3 is 12.2 Å². The quantitative estimate of drug-likeness (QED) is 0.762. The van der Waals surface area contributed by atoms with Gasteiger partial charge in [-0.1, -0.05) is 0 Å². The van der Waals surface area contributed by atoms with Crippen molar-refractivity contribution in [2.45, 2.75) is 32.1 Å². The van der Waals surface area contributed by atoms with Crippen molar-refractivity contribution >= 4 is 17.6 Å². The van der Waals surface area contributed by atoms with Gasteiger partial charge in [0.1, 0.15) is 5.69 Å². The maximum Gasteiger partial charge on any atom is 0.433 e. The predicted octanol–water partition coefficient (Wildman–Crippen LogP) is 1.46. The number of hydrogen-bond donors (Lipinski definition) is 2. The Hall–Kier alpha value is -2.40. The standard InChI is InChI=1S/C19H27F3N6O2/c1-13(2)28-6-5-23-15(12-28)17(29)26-7-9-27(10-8-26)18(30)25-14-3-4-16(24-11-14)19(20,21)22/h3-4,11,13,15,23H,5-10,12H2,1-2H3,(H,25,30)/t15-/m1/s1. The SMILES string of the molecule is CC(C)N1CCN[C@@H](C(=O)N2CCN(C(=O)Nc3ccc(C(F)(F)F)nc3)CC2)C1. The smallest absolute Gasteiger partial charge is 0.338 e. The Bertz CT molecular complexity index is 748. The lowest BCUT2D eigenvalue weighted by molar-refractivity contribution is -0.141. The molecule has 0 saturated carbocycles. The second kappa shape index (κ2) is 9.17. The van der Waals surface area contributed by atoms with Gasteiger partial charge in [-0.2, -0.15) is 13.2 Å². The molecule has 11 heteroatoms. The summed E-state index contributed by atoms with van der Waals surface area (Å²) < 4.78 is 37.7. The van der Waals surface area contributed by atoms with Crippen LogP contribution in [0.25, 0.3) is 0 Å². The number of piperazine rings is 2. The van der Waals surface area contributed by atoms with E-state index in [2.05, 4.69) is 34.4 Å². The molecule has 3 heterocycles. The number of carbonyl (C=O) groups excluding carboxylic acids is 2. The zero-order valence-corrected chi connectivity index (χ0v) is 17.1. The zero-order valence-electron chi connectivity index (χ0n) is 17.1. The minimum atomic E-state index is -4.52. The third-order valence-electron chi connectivity index (χ3n) is 5.42. The highest BCUT2D eigenvalue weighted by atomic mass is 19.4. The first-order valence-electron chi connectivity index (χ1n) is 10.0. The normalized spacial score (nSPS) is 21.1. The number of rotatable bonds is 3. The minimum absolute atomic E-state index is 0.0346. The van der Waals surface area contributed by atoms with Crippen LogP contribution in [0.5, 0.6) is 0 Å². The van der Waals surface area contributed by atoms with Crippen molar-refractivity contribution in [3.05, 3.63) is 24.0 Å². The summed E-state index contributed by atoms with van der Waals surface area (Å²) in [5, 5.41) is 5.82. The number of nitrogens with zero attached hydrogens (tertiary/aromatic N) is 4. The summed E-state index contributed by atoms with van der Waals surface area (Å²) in [6.45, 7) is 8.09. The van der Waals surface area contributed by atoms with Crippen LogP contribution in [-0.4, -0.2) is 89.5 Å². The van der Waals surface area contributed by atoms with Crippen molar-refractivity contribution in [1.29, 1.82) is 0 Å². The topological polar surface area (TPSA) is 80.8 Å². The number of nitrogens with one attached hydrogen (secondary N) is 2. The zero-order chi connectivity index (χ0) is 21.9. The molecule has 1 atom stereocenters. The Morgan fingerprint density at radius 2 is 1.80 bits per heavy atom. The molecule has 2 fully saturated rings. The first kappa shape index (κ1) is 22.3. The average molecular weight is 428 g/mol. The van der Waals surface area contributed by atoms with Crippen molar-refractivity contribution in [2.75, 3.05) is 51.1 Å². The van der Waals surface area contributed by atoms with E-state index < -0.39 is 17.9 Å². The molecule has 2 N–H and O–H groups in total. The molecule has 1 aromatic rings. The molecule has 166 valence electrons. The highest BCUT2D eigenvalue weighted by molar-refractivity contribution is 5.89. The molecule has 0 aliphatic carbocycles. The molecule has 8 nitrogen and oxygen atoms in total. The van der Waals surface area contributed by atoms with Crippen LogP contribution in [0, 0.1) is 0 Å². The van der Waals surface area contributed by atoms with E-state index in [1.165, 1.54) is 11.0 Å². The molecule has 3 amide bonds. The van der Waals surface area contributed by atoms with Crippen LogP contribution in [0.2, 0.25) is 0 Å². The van der Waals surface area contributed by atoms with Crippen LogP contribution in [0.1, 0.15) is 19.5 Å². The maximum absolute atomic E-state index is 12.8. The van der Waals surface area contributed by atoms with Gasteiger partial charge in [-0.15, -0.1) is 0 Å². The maximum atomic E-state index is 12.8. The van der Waals surface area contributed by atoms with E-state index in [1.807, 2.05) is 0 Å². The molecule has 2 aliphatic rings. The van der Waals surface area contributed by atoms with E-state index in [0.29, 0.717) is 38.8 Å². The molecule has 1 aromatic heterocycles. The van der Waals surface area contributed by atoms with Gasteiger partial charge in [-0.25, -0.2) is 9.78 Å². The molecule has 0 bridgehead atoms. The number of urea groups is 1. The number of alkyl halides is 3. The molecule has 30 heavy (non-hydrogen) atoms. The van der Waals surface area contributed by atoms with Gasteiger partial charge < -0.3 is 20.4 Å². The number of amides is 3. The second-order valence-corrected chi connectivity index (χ2v) is 7.77. The molecule has 2 aliphatic heterocycles. The van der Waals surface area contributed by atoms with Gasteiger partial charge in [-0.05, 0) is 26.0 Å². The van der Waals surface area contributed by atoms with Crippen LogP contribution in [0.4, 0.5) is 23.7 Å². The molecule has 0 aromatic carbocycles. The van der Waals surface area contributed by atoms with Gasteiger partial charge in [0.05, 0.1) is 17.9 Å². The monoisotopic (exact) mass is 428 g/mol. The van der Waals surface area contributed by atoms with E-state index in [0.717, 1.165) is 25.4 Å². The van der Waals surface area contributed by atoms with Crippen molar-refractivity contribution in [3.8, 4) is 0 Å². The number of aromatic nitrogens is 1. The van der Waals surface area contributed by atoms with Crippen LogP contribution in [0.3, 0.4) is 0 Å². The predicted molar refractivity (Wildman–Crippen MR) is 105 cm³/mol. The molecular weight excluding hydrogens is 401 g/mol. The number of halogens is 3. The average Bonchev–Trinajstić information content (AvgIpc) is 2.73. The second-order valence-electron chi connectivity index (χ2n) is 7.77. The summed E-state index contributed by atoms with van der Waals surface area (Å²) in [5.74, 6) is 0.0346. The highest BCUT2D eigenvalue weighted by Gasteiger charge is 2.33. The van der Waals surface area contributed by atoms with Crippen LogP contribution in [-0.2, 0) is 11.0 Å². The summed E-state index contributed by atoms with van der Waals surface area (Å²) in [6, 6.07) is 1.69. The third kappa shape index (κ3) is 5.39. The lowest BCUT2D eigenvalue weighted by atomic mass is 10.1. The molecule has 0 radical (unpaired) electrons. The molecule has 0 unspecified atom stereocenters. The Kier molecular flexibility index (Phi) is 6.81. The van der Waals surface area contributed by atoms with Gasteiger partial charge in [-0.3, -0.25) is 9.69 Å². The van der Waals surface area contributed by atoms with Crippen LogP contribution < -0.4 is 10.6 Å². The third-order valence-corrected chi connectivity index (χ3v) is 5.42. The first-order chi connectivity index (χ1) is 14.1. The van der Waals surface area contributed by atoms with E-state index in [9.17, 15) is 22.8 Å². The molecule has 3 rings (SSSR count). The van der Waals surface area contributed by atoms with Crippen molar-refractivity contribution in [1.82, 2.24) is 25.0 Å². The lowest BCUT2D eigenvalue weighted by Crippen LogP contribution is -2.61. The first-order valence-corrected chi connectivity index (χ1v) is 10.0. The summed E-state index contributed by atoms with van der Waals surface area (Å²) in [5.41, 5.74) is -0.827. The van der Waals surface area contributed by atoms with Crippen molar-refractivity contribution in [3.63, 3.8) is 0 Å². The summed E-state index contributed by atoms with van der Waals surface area (Å²) in [4.78, 5) is 34.1. The Balaban J connectivity index is 1.49. The molecule has 0 spiro atoms. The largest absolute Gasteiger partial charge is 0.433 e. The van der Waals surface area contributed by atoms with Gasteiger partial charge in [0, 0.05) is 51.9 Å². The molecular formula is C19H27F3N6O2. The highest BCUT2D eigenvalue weighted by Crippen LogP contribution is 2.27. The Morgan fingerprint density at radius 1 is 1.13 bits per heavy atom. The number of carbonyl (C=O) groups is 2. The van der Waals surface area contributed by atoms with E-state index >= 15 is 0 Å². The van der Waals surface area contributed by atoms with Gasteiger partial charge in [0.15, 0.2) is 0 Å². The van der Waals surface area contributed by atoms with Crippen molar-refractivity contribution < 1.29 is 22.8 Å². The number of pyridine rings is 1. The van der Waals surface area contributed by atoms with Gasteiger partial charge in [0.25, 0.3) is 0 Å². The summed E-state index contributed by atoms with van der Waals surface area (Å²) in [6.07, 6.45) is -3.54. The number of hydrogen-bond acceptors (Lipinski definition) is 5. The Labute approximate surface area is 173 Å². The van der Waals surface area contributed by atoms with Crippen LogP contribution in [0.15, 0.2) is 18.3 Å². The minimum Gasteiger partial charge on any atom is -0.338 e. The van der Waals surface area contributed by atoms with E-state index in [4.69, 9.17) is 0 Å². The van der Waals surface area contributed by atoms with Crippen LogP contribution >= 0.6 is 0 Å². The van der Waals surface area contributed by atoms with E-state index in [-0.39, 0.29) is 17.6 Å². The fourth-order valence-electron chi connectivity index (χ4n) is 3.60. The fourth-order valence-corrected chi connectivity index (χ4v) is 3.60. The lowest BCUT2D eigenvalue weighted by Gasteiger charge is -2.40. The summed E-state index contributed by atoms with van der Waals surface area (Å²) in [7, 11) is 0. The Morgan fingerprint density at radius 3 is 2.37 bits per heavy atom. The van der Waals surface area contributed by atoms with Crippen molar-refractivity contribution in [2.24, 2.45) is 0 Å². The summed E-state index contributed by atoms with van der Waals surface area (Å²) >= 11 is 0. The number of anilines is 1. The van der Waals surface area contributed by atoms with E-state index in [1.54, 1.807) is 4.90 Å². The molecule has 2 saturated heterocycles. The van der Waals surface area contributed by atoms with Gasteiger partial charge in [0.2, 0.25) is 5.91 Å². The fraction of sp³-hybridized carbons (Fsp3) is 0.632.